The van der Waals surface area contributed by atoms with Crippen molar-refractivity contribution in [3.8, 4) is 0 Å². The number of carboxylic acids is 1. The lowest BCUT2D eigenvalue weighted by atomic mass is 9.85. The Morgan fingerprint density at radius 1 is 0.955 bits per heavy atom. The fourth-order valence-electron chi connectivity index (χ4n) is 4.37. The van der Waals surface area contributed by atoms with E-state index in [0.29, 0.717) is 12.8 Å². The molecule has 0 radical (unpaired) electrons. The standard InChI is InChI=1S/C32H46Cl2O10/c1-4-5-13-24(36)29(34)25(37)18-26(38)31(41)30(40)20(3)22(33)12-8-6-10-19(2)11-7-9-14-28(39)44-27-17-21(32(42)43)15-16-23(27)35/h5-14,20-21,23-27,29-31,35-38,40-41H,4,15-18H2,1-3H3,(H,42,43)/b8-6+,11-7+,13-5+,14-9+,19-10+,22-12-/t20-,21+,23+,24-,25-,26-,27-,29-,30-,31-/m1/s1. The molecule has 0 aliphatic heterocycles. The van der Waals surface area contributed by atoms with Crippen molar-refractivity contribution in [2.24, 2.45) is 11.8 Å². The minimum Gasteiger partial charge on any atom is -0.481 e. The maximum Gasteiger partial charge on any atom is 0.331 e. The number of allylic oxidation sites excluding steroid dienone is 9. The second-order valence-corrected chi connectivity index (χ2v) is 11.8. The van der Waals surface area contributed by atoms with Gasteiger partial charge in [0.2, 0.25) is 0 Å². The zero-order chi connectivity index (χ0) is 33.4. The lowest BCUT2D eigenvalue weighted by Gasteiger charge is -2.30. The van der Waals surface area contributed by atoms with Crippen molar-refractivity contribution in [2.45, 2.75) is 101 Å². The summed E-state index contributed by atoms with van der Waals surface area (Å²) in [5.74, 6) is -3.06. The Balaban J connectivity index is 2.60. The third kappa shape index (κ3) is 14.2. The molecule has 0 saturated heterocycles. The predicted octanol–water partition coefficient (Wildman–Crippen LogP) is 3.29. The summed E-state index contributed by atoms with van der Waals surface area (Å²) in [6.07, 6.45) is 7.79. The number of halogens is 2. The van der Waals surface area contributed by atoms with Gasteiger partial charge in [-0.1, -0.05) is 79.6 Å². The normalized spacial score (nSPS) is 25.3. The van der Waals surface area contributed by atoms with Gasteiger partial charge in [0.15, 0.2) is 0 Å². The van der Waals surface area contributed by atoms with Crippen LogP contribution < -0.4 is 0 Å². The Kier molecular flexibility index (Phi) is 18.7. The molecule has 248 valence electrons. The molecule has 1 fully saturated rings. The first-order chi connectivity index (χ1) is 20.7. The molecular weight excluding hydrogens is 615 g/mol. The Morgan fingerprint density at radius 2 is 1.59 bits per heavy atom. The van der Waals surface area contributed by atoms with Gasteiger partial charge in [0.25, 0.3) is 0 Å². The van der Waals surface area contributed by atoms with Gasteiger partial charge in [-0.15, -0.1) is 11.6 Å². The quantitative estimate of drug-likeness (QED) is 0.0401. The van der Waals surface area contributed by atoms with Crippen LogP contribution in [0.1, 0.15) is 52.9 Å². The third-order valence-electron chi connectivity index (χ3n) is 7.24. The Labute approximate surface area is 269 Å². The summed E-state index contributed by atoms with van der Waals surface area (Å²) in [5, 5.41) is 69.7. The maximum atomic E-state index is 12.0. The number of ether oxygens (including phenoxy) is 1. The average Bonchev–Trinajstić information content (AvgIpc) is 2.99. The molecule has 0 spiro atoms. The second kappa shape index (κ2) is 20.7. The van der Waals surface area contributed by atoms with Gasteiger partial charge in [0.1, 0.15) is 12.2 Å². The van der Waals surface area contributed by atoms with Gasteiger partial charge in [0.05, 0.1) is 41.8 Å². The van der Waals surface area contributed by atoms with Crippen LogP contribution in [0.15, 0.2) is 71.4 Å². The molecule has 1 rings (SSSR count). The largest absolute Gasteiger partial charge is 0.481 e. The molecule has 44 heavy (non-hydrogen) atoms. The van der Waals surface area contributed by atoms with Crippen molar-refractivity contribution in [1.29, 1.82) is 0 Å². The molecule has 0 aromatic heterocycles. The van der Waals surface area contributed by atoms with Crippen LogP contribution in [-0.2, 0) is 14.3 Å². The van der Waals surface area contributed by atoms with Crippen LogP contribution in [0.25, 0.3) is 0 Å². The molecule has 0 unspecified atom stereocenters. The van der Waals surface area contributed by atoms with Gasteiger partial charge in [-0.25, -0.2) is 4.79 Å². The highest BCUT2D eigenvalue weighted by molar-refractivity contribution is 6.30. The molecule has 0 bridgehead atoms. The molecule has 12 heteroatoms. The number of hydrogen-bond acceptors (Lipinski definition) is 9. The lowest BCUT2D eigenvalue weighted by Crippen LogP contribution is -2.44. The molecule has 10 nitrogen and oxygen atoms in total. The number of aliphatic hydroxyl groups excluding tert-OH is 6. The molecule has 1 aliphatic rings. The molecule has 0 aromatic rings. The van der Waals surface area contributed by atoms with E-state index in [1.807, 2.05) is 13.8 Å². The van der Waals surface area contributed by atoms with Crippen LogP contribution >= 0.6 is 23.2 Å². The van der Waals surface area contributed by atoms with Crippen molar-refractivity contribution < 1.29 is 50.1 Å². The van der Waals surface area contributed by atoms with E-state index in [1.165, 1.54) is 24.3 Å². The summed E-state index contributed by atoms with van der Waals surface area (Å²) < 4.78 is 5.21. The third-order valence-corrected chi connectivity index (χ3v) is 8.26. The highest BCUT2D eigenvalue weighted by Crippen LogP contribution is 2.27. The molecule has 0 amide bonds. The van der Waals surface area contributed by atoms with E-state index in [9.17, 15) is 40.2 Å². The van der Waals surface area contributed by atoms with Gasteiger partial charge >= 0.3 is 11.9 Å². The van der Waals surface area contributed by atoms with Crippen LogP contribution in [0.4, 0.5) is 0 Å². The Hall–Kier alpha value is -2.28. The van der Waals surface area contributed by atoms with Crippen molar-refractivity contribution in [3.05, 3.63) is 71.4 Å². The number of carboxylic acid groups (broad SMARTS) is 1. The number of alkyl halides is 1. The zero-order valence-corrected chi connectivity index (χ0v) is 26.7. The van der Waals surface area contributed by atoms with E-state index >= 15 is 0 Å². The first-order valence-corrected chi connectivity index (χ1v) is 15.4. The summed E-state index contributed by atoms with van der Waals surface area (Å²) in [7, 11) is 0. The fourth-order valence-corrected chi connectivity index (χ4v) is 4.76. The number of aliphatic carboxylic acids is 1. The molecule has 0 aromatic carbocycles. The number of aliphatic hydroxyl groups is 6. The van der Waals surface area contributed by atoms with Gasteiger partial charge in [0, 0.05) is 29.9 Å². The lowest BCUT2D eigenvalue weighted by molar-refractivity contribution is -0.159. The predicted molar refractivity (Wildman–Crippen MR) is 169 cm³/mol. The molecule has 7 N–H and O–H groups in total. The van der Waals surface area contributed by atoms with Crippen LogP contribution in [0, 0.1) is 11.8 Å². The van der Waals surface area contributed by atoms with E-state index in [-0.39, 0.29) is 24.3 Å². The van der Waals surface area contributed by atoms with E-state index in [2.05, 4.69) is 0 Å². The zero-order valence-electron chi connectivity index (χ0n) is 25.2. The molecular formula is C32H46Cl2O10. The number of carbonyl (C=O) groups excluding carboxylic acids is 1. The highest BCUT2D eigenvalue weighted by atomic mass is 35.5. The highest BCUT2D eigenvalue weighted by Gasteiger charge is 2.35. The first kappa shape index (κ1) is 39.7. The number of esters is 1. The van der Waals surface area contributed by atoms with Crippen LogP contribution in [0.5, 0.6) is 0 Å². The molecule has 1 saturated carbocycles. The molecule has 10 atom stereocenters. The minimum atomic E-state index is -1.63. The minimum absolute atomic E-state index is 0.0705. The van der Waals surface area contributed by atoms with Crippen molar-refractivity contribution >= 4 is 35.1 Å². The topological polar surface area (TPSA) is 185 Å². The summed E-state index contributed by atoms with van der Waals surface area (Å²) in [5.41, 5.74) is 0.814. The van der Waals surface area contributed by atoms with E-state index < -0.39 is 71.9 Å². The Bertz CT molecular complexity index is 1080. The molecule has 1 aliphatic carbocycles. The summed E-state index contributed by atoms with van der Waals surface area (Å²) in [6.45, 7) is 5.24. The smallest absolute Gasteiger partial charge is 0.331 e. The monoisotopic (exact) mass is 660 g/mol. The van der Waals surface area contributed by atoms with Gasteiger partial charge < -0.3 is 40.5 Å². The van der Waals surface area contributed by atoms with E-state index in [4.69, 9.17) is 33.0 Å². The Morgan fingerprint density at radius 3 is 2.23 bits per heavy atom. The van der Waals surface area contributed by atoms with Crippen LogP contribution in [-0.4, -0.2) is 95.8 Å². The van der Waals surface area contributed by atoms with Crippen molar-refractivity contribution in [1.82, 2.24) is 0 Å². The second-order valence-electron chi connectivity index (χ2n) is 10.9. The summed E-state index contributed by atoms with van der Waals surface area (Å²) in [4.78, 5) is 23.2. The van der Waals surface area contributed by atoms with Gasteiger partial charge in [-0.3, -0.25) is 4.79 Å². The number of rotatable bonds is 17. The SMILES string of the molecule is CC/C=C/[C@@H](O)[C@@H](Cl)[C@H](O)C[C@@H](O)[C@@H](O)[C@H](O)[C@H](C)/C(Cl)=C/C=C/C=C(C)/C=C/C=C/C(=O)O[C@@H]1C[C@@H](C(=O)O)CC[C@@H]1O. The first-order valence-electron chi connectivity index (χ1n) is 14.6. The average molecular weight is 662 g/mol. The fraction of sp³-hybridized carbons (Fsp3) is 0.562. The number of hydrogen-bond donors (Lipinski definition) is 7. The van der Waals surface area contributed by atoms with Crippen LogP contribution in [0.3, 0.4) is 0 Å². The van der Waals surface area contributed by atoms with E-state index in [1.54, 1.807) is 43.4 Å². The number of carbonyl (C=O) groups is 2. The maximum absolute atomic E-state index is 12.0. The van der Waals surface area contributed by atoms with E-state index in [0.717, 1.165) is 5.57 Å². The van der Waals surface area contributed by atoms with Crippen molar-refractivity contribution in [3.63, 3.8) is 0 Å². The summed E-state index contributed by atoms with van der Waals surface area (Å²) in [6, 6.07) is 0. The molecule has 0 heterocycles. The van der Waals surface area contributed by atoms with Crippen LogP contribution in [0.2, 0.25) is 0 Å². The van der Waals surface area contributed by atoms with Gasteiger partial charge in [-0.05, 0) is 32.3 Å². The van der Waals surface area contributed by atoms with Gasteiger partial charge in [-0.2, -0.15) is 0 Å². The van der Waals surface area contributed by atoms with Crippen molar-refractivity contribution in [2.75, 3.05) is 0 Å². The summed E-state index contributed by atoms with van der Waals surface area (Å²) >= 11 is 12.3.